The summed E-state index contributed by atoms with van der Waals surface area (Å²) in [5, 5.41) is 6.40. The van der Waals surface area contributed by atoms with Gasteiger partial charge in [0, 0.05) is 36.6 Å². The molecule has 0 aliphatic carbocycles. The number of anilines is 1. The monoisotopic (exact) mass is 269 g/mol. The van der Waals surface area contributed by atoms with E-state index in [4.69, 9.17) is 0 Å². The van der Waals surface area contributed by atoms with Gasteiger partial charge in [0.15, 0.2) is 0 Å². The molecule has 0 bridgehead atoms. The molecular weight excluding hydrogens is 255 g/mol. The molecule has 102 valence electrons. The van der Waals surface area contributed by atoms with Crippen molar-refractivity contribution in [1.29, 1.82) is 0 Å². The first-order valence-electron chi connectivity index (χ1n) is 6.11. The zero-order valence-corrected chi connectivity index (χ0v) is 10.2. The Labute approximate surface area is 109 Å². The van der Waals surface area contributed by atoms with E-state index in [0.29, 0.717) is 11.3 Å². The number of fused-ring (bicyclic) bond motifs is 3. The van der Waals surface area contributed by atoms with Gasteiger partial charge in [-0.1, -0.05) is 6.58 Å². The minimum atomic E-state index is -4.32. The average molecular weight is 269 g/mol. The molecule has 1 unspecified atom stereocenters. The van der Waals surface area contributed by atoms with Crippen molar-refractivity contribution in [3.63, 3.8) is 0 Å². The zero-order chi connectivity index (χ0) is 13.6. The Balaban J connectivity index is 2.05. The molecule has 2 heterocycles. The highest BCUT2D eigenvalue weighted by Gasteiger charge is 2.34. The van der Waals surface area contributed by atoms with Crippen LogP contribution >= 0.6 is 0 Å². The second-order valence-electron chi connectivity index (χ2n) is 4.77. The van der Waals surface area contributed by atoms with Crippen molar-refractivity contribution in [1.82, 2.24) is 10.6 Å². The van der Waals surface area contributed by atoms with Crippen molar-refractivity contribution in [2.24, 2.45) is 0 Å². The summed E-state index contributed by atoms with van der Waals surface area (Å²) in [6.07, 6.45) is -4.26. The van der Waals surface area contributed by atoms with Crippen LogP contribution in [0.4, 0.5) is 18.9 Å². The summed E-state index contributed by atoms with van der Waals surface area (Å²) < 4.78 is 38.2. The number of nitrogens with zero attached hydrogens (tertiary/aromatic N) is 1. The summed E-state index contributed by atoms with van der Waals surface area (Å²) in [6, 6.07) is 3.85. The molecule has 19 heavy (non-hydrogen) atoms. The molecule has 0 spiro atoms. The van der Waals surface area contributed by atoms with Crippen molar-refractivity contribution in [2.75, 3.05) is 24.5 Å². The van der Waals surface area contributed by atoms with E-state index in [2.05, 4.69) is 22.1 Å². The van der Waals surface area contributed by atoms with Crippen LogP contribution in [-0.2, 0) is 6.18 Å². The van der Waals surface area contributed by atoms with Crippen LogP contribution in [0, 0.1) is 0 Å². The highest BCUT2D eigenvalue weighted by Crippen LogP contribution is 2.37. The van der Waals surface area contributed by atoms with E-state index in [1.807, 2.05) is 0 Å². The maximum atomic E-state index is 12.7. The van der Waals surface area contributed by atoms with E-state index >= 15 is 0 Å². The summed E-state index contributed by atoms with van der Waals surface area (Å²) in [4.78, 5) is 2.08. The summed E-state index contributed by atoms with van der Waals surface area (Å²) in [6.45, 7) is 6.18. The minimum Gasteiger partial charge on any atom is -0.364 e. The van der Waals surface area contributed by atoms with E-state index in [-0.39, 0.29) is 6.17 Å². The fourth-order valence-corrected chi connectivity index (χ4v) is 2.61. The number of alkyl halides is 3. The van der Waals surface area contributed by atoms with Gasteiger partial charge in [-0.25, -0.2) is 0 Å². The van der Waals surface area contributed by atoms with E-state index in [0.717, 1.165) is 31.4 Å². The van der Waals surface area contributed by atoms with Crippen LogP contribution in [0.3, 0.4) is 0 Å². The number of halogens is 3. The average Bonchev–Trinajstić information content (AvgIpc) is 2.37. The van der Waals surface area contributed by atoms with Crippen LogP contribution in [-0.4, -0.2) is 25.8 Å². The van der Waals surface area contributed by atoms with E-state index in [1.165, 1.54) is 6.07 Å². The summed E-state index contributed by atoms with van der Waals surface area (Å²) >= 11 is 0. The van der Waals surface area contributed by atoms with Crippen molar-refractivity contribution in [3.8, 4) is 0 Å². The van der Waals surface area contributed by atoms with Crippen molar-refractivity contribution < 1.29 is 13.2 Å². The molecule has 3 nitrogen and oxygen atoms in total. The maximum absolute atomic E-state index is 12.7. The Morgan fingerprint density at radius 3 is 2.84 bits per heavy atom. The fourth-order valence-electron chi connectivity index (χ4n) is 2.61. The number of nitrogens with one attached hydrogen (secondary N) is 2. The van der Waals surface area contributed by atoms with Crippen LogP contribution in [0.1, 0.15) is 11.1 Å². The Morgan fingerprint density at radius 2 is 2.11 bits per heavy atom. The predicted octanol–water partition coefficient (Wildman–Crippen LogP) is 2.02. The standard InChI is InChI=1S/C13H14F3N3/c1-8-10-6-9(13(14,15)16)2-3-11(10)19-5-4-17-7-12(19)18-8/h2-3,6,12,17-18H,1,4-5,7H2. The van der Waals surface area contributed by atoms with Gasteiger partial charge < -0.3 is 15.5 Å². The van der Waals surface area contributed by atoms with Crippen LogP contribution in [0.25, 0.3) is 5.70 Å². The number of piperazine rings is 1. The Kier molecular flexibility index (Phi) is 2.70. The topological polar surface area (TPSA) is 27.3 Å². The molecule has 2 N–H and O–H groups in total. The van der Waals surface area contributed by atoms with Crippen LogP contribution < -0.4 is 15.5 Å². The van der Waals surface area contributed by atoms with Crippen LogP contribution in [0.15, 0.2) is 24.8 Å². The number of hydrogen-bond donors (Lipinski definition) is 2. The normalized spacial score (nSPS) is 22.6. The highest BCUT2D eigenvalue weighted by atomic mass is 19.4. The molecule has 3 rings (SSSR count). The van der Waals surface area contributed by atoms with Gasteiger partial charge in [0.2, 0.25) is 0 Å². The second kappa shape index (κ2) is 4.16. The molecule has 1 saturated heterocycles. The minimum absolute atomic E-state index is 0.0606. The first kappa shape index (κ1) is 12.3. The van der Waals surface area contributed by atoms with E-state index in [9.17, 15) is 13.2 Å². The third-order valence-electron chi connectivity index (χ3n) is 3.54. The summed E-state index contributed by atoms with van der Waals surface area (Å²) in [7, 11) is 0. The number of hydrogen-bond acceptors (Lipinski definition) is 3. The van der Waals surface area contributed by atoms with Gasteiger partial charge in [0.1, 0.15) is 6.17 Å². The molecule has 2 aliphatic rings. The molecule has 1 aromatic carbocycles. The summed E-state index contributed by atoms with van der Waals surface area (Å²) in [5.41, 5.74) is 1.27. The Bertz CT molecular complexity index is 524. The quantitative estimate of drug-likeness (QED) is 0.754. The third kappa shape index (κ3) is 2.06. The molecule has 1 fully saturated rings. The maximum Gasteiger partial charge on any atom is 0.416 e. The fraction of sp³-hybridized carbons (Fsp3) is 0.385. The SMILES string of the molecule is C=C1NC2CNCCN2c2ccc(C(F)(F)F)cc21. The van der Waals surface area contributed by atoms with Crippen molar-refractivity contribution in [2.45, 2.75) is 12.3 Å². The molecular formula is C13H14F3N3. The van der Waals surface area contributed by atoms with Gasteiger partial charge in [0.25, 0.3) is 0 Å². The molecule has 1 atom stereocenters. The Hall–Kier alpha value is -1.69. The lowest BCUT2D eigenvalue weighted by atomic mass is 10.0. The zero-order valence-electron chi connectivity index (χ0n) is 10.2. The molecule has 0 amide bonds. The van der Waals surface area contributed by atoms with Gasteiger partial charge in [-0.05, 0) is 18.2 Å². The molecule has 0 radical (unpaired) electrons. The lowest BCUT2D eigenvalue weighted by molar-refractivity contribution is -0.137. The van der Waals surface area contributed by atoms with Crippen LogP contribution in [0.2, 0.25) is 0 Å². The predicted molar refractivity (Wildman–Crippen MR) is 67.6 cm³/mol. The molecule has 1 aromatic rings. The van der Waals surface area contributed by atoms with Crippen molar-refractivity contribution in [3.05, 3.63) is 35.9 Å². The van der Waals surface area contributed by atoms with Gasteiger partial charge in [0.05, 0.1) is 5.56 Å². The first-order chi connectivity index (χ1) is 8.97. The Morgan fingerprint density at radius 1 is 1.32 bits per heavy atom. The molecule has 0 saturated carbocycles. The second-order valence-corrected chi connectivity index (χ2v) is 4.77. The van der Waals surface area contributed by atoms with Gasteiger partial charge in [-0.3, -0.25) is 0 Å². The van der Waals surface area contributed by atoms with E-state index < -0.39 is 11.7 Å². The summed E-state index contributed by atoms with van der Waals surface area (Å²) in [5.74, 6) is 0. The van der Waals surface area contributed by atoms with E-state index in [1.54, 1.807) is 6.07 Å². The lowest BCUT2D eigenvalue weighted by Crippen LogP contribution is -2.59. The van der Waals surface area contributed by atoms with Crippen LogP contribution in [0.5, 0.6) is 0 Å². The molecule has 0 aromatic heterocycles. The largest absolute Gasteiger partial charge is 0.416 e. The van der Waals surface area contributed by atoms with Crippen molar-refractivity contribution >= 4 is 11.4 Å². The number of rotatable bonds is 0. The third-order valence-corrected chi connectivity index (χ3v) is 3.54. The molecule has 6 heteroatoms. The number of benzene rings is 1. The van der Waals surface area contributed by atoms with Gasteiger partial charge >= 0.3 is 6.18 Å². The highest BCUT2D eigenvalue weighted by molar-refractivity contribution is 5.79. The van der Waals surface area contributed by atoms with Gasteiger partial charge in [-0.15, -0.1) is 0 Å². The van der Waals surface area contributed by atoms with Gasteiger partial charge in [-0.2, -0.15) is 13.2 Å². The molecule has 2 aliphatic heterocycles. The smallest absolute Gasteiger partial charge is 0.364 e. The first-order valence-corrected chi connectivity index (χ1v) is 6.11. The lowest BCUT2D eigenvalue weighted by Gasteiger charge is -2.44.